The molecular formula is C20H23ClN2. The van der Waals surface area contributed by atoms with Gasteiger partial charge in [0.05, 0.1) is 6.54 Å². The van der Waals surface area contributed by atoms with Gasteiger partial charge in [-0.25, -0.2) is 0 Å². The van der Waals surface area contributed by atoms with Gasteiger partial charge in [-0.15, -0.1) is 12.4 Å². The second kappa shape index (κ2) is 6.01. The Kier molecular flexibility index (Phi) is 4.20. The zero-order valence-electron chi connectivity index (χ0n) is 13.7. The highest BCUT2D eigenvalue weighted by Crippen LogP contribution is 2.59. The lowest BCUT2D eigenvalue weighted by molar-refractivity contribution is 0.794. The van der Waals surface area contributed by atoms with Crippen LogP contribution < -0.4 is 5.32 Å². The van der Waals surface area contributed by atoms with Crippen molar-refractivity contribution in [2.45, 2.75) is 25.7 Å². The molecule has 1 unspecified atom stereocenters. The molecule has 2 aromatic rings. The Morgan fingerprint density at radius 3 is 1.87 bits per heavy atom. The van der Waals surface area contributed by atoms with Crippen molar-refractivity contribution in [3.63, 3.8) is 0 Å². The zero-order chi connectivity index (χ0) is 15.2. The first-order chi connectivity index (χ1) is 10.7. The number of rotatable bonds is 3. The average molecular weight is 327 g/mol. The van der Waals surface area contributed by atoms with Gasteiger partial charge >= 0.3 is 0 Å². The van der Waals surface area contributed by atoms with Crippen LogP contribution in [-0.2, 0) is 5.41 Å². The Labute approximate surface area is 144 Å². The summed E-state index contributed by atoms with van der Waals surface area (Å²) < 4.78 is 0. The maximum absolute atomic E-state index is 4.68. The standard InChI is InChI=1S/C20H22N2.ClH/c1-14-3-7-16(8-4-14)20(17-9-5-15(2)6-10-17)13-18(20)19-21-11-12-22-19;/h3-10,18H,11-13H2,1-2H3,(H,21,22);1H. The summed E-state index contributed by atoms with van der Waals surface area (Å²) in [5, 5.41) is 3.49. The van der Waals surface area contributed by atoms with Crippen LogP contribution in [0.25, 0.3) is 0 Å². The van der Waals surface area contributed by atoms with Crippen molar-refractivity contribution in [3.05, 3.63) is 70.8 Å². The van der Waals surface area contributed by atoms with Gasteiger partial charge in [0, 0.05) is 17.9 Å². The first-order valence-electron chi connectivity index (χ1n) is 8.13. The van der Waals surface area contributed by atoms with Crippen LogP contribution in [0.4, 0.5) is 0 Å². The van der Waals surface area contributed by atoms with E-state index in [0.29, 0.717) is 5.92 Å². The normalized spacial score (nSPS) is 21.1. The molecule has 0 bridgehead atoms. The first kappa shape index (κ1) is 16.1. The van der Waals surface area contributed by atoms with E-state index < -0.39 is 0 Å². The van der Waals surface area contributed by atoms with Gasteiger partial charge in [-0.1, -0.05) is 59.7 Å². The maximum atomic E-state index is 4.68. The largest absolute Gasteiger partial charge is 0.372 e. The number of nitrogens with zero attached hydrogens (tertiary/aromatic N) is 1. The highest BCUT2D eigenvalue weighted by atomic mass is 35.5. The van der Waals surface area contributed by atoms with Gasteiger partial charge in [-0.05, 0) is 31.4 Å². The number of hydrogen-bond acceptors (Lipinski definition) is 2. The molecule has 1 saturated carbocycles. The molecule has 23 heavy (non-hydrogen) atoms. The molecule has 1 N–H and O–H groups in total. The fourth-order valence-electron chi connectivity index (χ4n) is 3.75. The molecular weight excluding hydrogens is 304 g/mol. The summed E-state index contributed by atoms with van der Waals surface area (Å²) in [4.78, 5) is 4.68. The van der Waals surface area contributed by atoms with Gasteiger partial charge in [0.25, 0.3) is 0 Å². The Morgan fingerprint density at radius 2 is 1.43 bits per heavy atom. The van der Waals surface area contributed by atoms with Gasteiger partial charge in [-0.3, -0.25) is 4.99 Å². The Balaban J connectivity index is 0.00000156. The van der Waals surface area contributed by atoms with Crippen molar-refractivity contribution in [2.24, 2.45) is 10.9 Å². The van der Waals surface area contributed by atoms with Gasteiger partial charge in [0.2, 0.25) is 0 Å². The quantitative estimate of drug-likeness (QED) is 0.904. The number of hydrogen-bond donors (Lipinski definition) is 1. The van der Waals surface area contributed by atoms with E-state index in [1.807, 2.05) is 0 Å². The summed E-state index contributed by atoms with van der Waals surface area (Å²) in [6.07, 6.45) is 1.16. The molecule has 2 aromatic carbocycles. The fourth-order valence-corrected chi connectivity index (χ4v) is 3.75. The number of aliphatic imine (C=N–C) groups is 1. The Morgan fingerprint density at radius 1 is 0.913 bits per heavy atom. The van der Waals surface area contributed by atoms with E-state index in [2.05, 4.69) is 72.7 Å². The minimum atomic E-state index is 0. The van der Waals surface area contributed by atoms with Gasteiger partial charge < -0.3 is 5.32 Å². The van der Waals surface area contributed by atoms with Crippen molar-refractivity contribution >= 4 is 18.2 Å². The van der Waals surface area contributed by atoms with E-state index in [0.717, 1.165) is 19.5 Å². The molecule has 1 atom stereocenters. The molecule has 1 fully saturated rings. The van der Waals surface area contributed by atoms with Crippen LogP contribution in [0.15, 0.2) is 53.5 Å². The molecule has 0 radical (unpaired) electrons. The molecule has 0 amide bonds. The lowest BCUT2D eigenvalue weighted by Crippen LogP contribution is -2.25. The number of halogens is 1. The summed E-state index contributed by atoms with van der Waals surface area (Å²) in [5.74, 6) is 1.71. The Hall–Kier alpha value is -1.80. The van der Waals surface area contributed by atoms with Crippen molar-refractivity contribution in [1.82, 2.24) is 5.32 Å². The zero-order valence-corrected chi connectivity index (χ0v) is 14.5. The summed E-state index contributed by atoms with van der Waals surface area (Å²) in [6.45, 7) is 6.21. The summed E-state index contributed by atoms with van der Waals surface area (Å²) in [6, 6.07) is 18.1. The molecule has 4 rings (SSSR count). The molecule has 0 aromatic heterocycles. The molecule has 1 heterocycles. The van der Waals surface area contributed by atoms with E-state index in [4.69, 9.17) is 0 Å². The van der Waals surface area contributed by atoms with Crippen LogP contribution in [-0.4, -0.2) is 18.9 Å². The van der Waals surface area contributed by atoms with E-state index >= 15 is 0 Å². The Bertz CT molecular complexity index is 671. The minimum Gasteiger partial charge on any atom is -0.372 e. The molecule has 1 aliphatic carbocycles. The SMILES string of the molecule is Cc1ccc(C2(c3ccc(C)cc3)CC2C2=NCCN2)cc1.Cl. The van der Waals surface area contributed by atoms with Gasteiger partial charge in [0.15, 0.2) is 0 Å². The van der Waals surface area contributed by atoms with E-state index in [1.165, 1.54) is 28.1 Å². The molecule has 120 valence electrons. The van der Waals surface area contributed by atoms with Crippen molar-refractivity contribution in [2.75, 3.05) is 13.1 Å². The highest BCUT2D eigenvalue weighted by Gasteiger charge is 2.59. The second-order valence-corrected chi connectivity index (χ2v) is 6.65. The van der Waals surface area contributed by atoms with Gasteiger partial charge in [-0.2, -0.15) is 0 Å². The number of nitrogens with one attached hydrogen (secondary N) is 1. The average Bonchev–Trinajstić information content (AvgIpc) is 3.04. The molecule has 1 aliphatic heterocycles. The molecule has 2 aliphatic rings. The molecule has 3 heteroatoms. The van der Waals surface area contributed by atoms with Crippen LogP contribution >= 0.6 is 12.4 Å². The van der Waals surface area contributed by atoms with Crippen LogP contribution in [0.3, 0.4) is 0 Å². The highest BCUT2D eigenvalue weighted by molar-refractivity contribution is 5.91. The number of aryl methyl sites for hydroxylation is 2. The fraction of sp³-hybridized carbons (Fsp3) is 0.350. The third kappa shape index (κ3) is 2.66. The molecule has 2 nitrogen and oxygen atoms in total. The van der Waals surface area contributed by atoms with E-state index in [9.17, 15) is 0 Å². The summed E-state index contributed by atoms with van der Waals surface area (Å²) >= 11 is 0. The summed E-state index contributed by atoms with van der Waals surface area (Å²) in [5.41, 5.74) is 5.58. The lowest BCUT2D eigenvalue weighted by Gasteiger charge is -2.20. The van der Waals surface area contributed by atoms with Crippen LogP contribution in [0.5, 0.6) is 0 Å². The minimum absolute atomic E-state index is 0. The van der Waals surface area contributed by atoms with Gasteiger partial charge in [0.1, 0.15) is 5.84 Å². The predicted molar refractivity (Wildman–Crippen MR) is 98.8 cm³/mol. The van der Waals surface area contributed by atoms with Crippen molar-refractivity contribution < 1.29 is 0 Å². The third-order valence-electron chi connectivity index (χ3n) is 5.12. The van der Waals surface area contributed by atoms with E-state index in [-0.39, 0.29) is 17.8 Å². The third-order valence-corrected chi connectivity index (χ3v) is 5.12. The lowest BCUT2D eigenvalue weighted by atomic mass is 9.84. The number of amidine groups is 1. The topological polar surface area (TPSA) is 24.4 Å². The predicted octanol–water partition coefficient (Wildman–Crippen LogP) is 4.03. The van der Waals surface area contributed by atoms with Crippen molar-refractivity contribution in [1.29, 1.82) is 0 Å². The maximum Gasteiger partial charge on any atom is 0.101 e. The van der Waals surface area contributed by atoms with Crippen LogP contribution in [0.1, 0.15) is 28.7 Å². The smallest absolute Gasteiger partial charge is 0.101 e. The summed E-state index contributed by atoms with van der Waals surface area (Å²) in [7, 11) is 0. The number of benzene rings is 2. The first-order valence-corrected chi connectivity index (χ1v) is 8.13. The molecule has 0 saturated heterocycles. The van der Waals surface area contributed by atoms with Crippen molar-refractivity contribution in [3.8, 4) is 0 Å². The van der Waals surface area contributed by atoms with Crippen LogP contribution in [0, 0.1) is 19.8 Å². The monoisotopic (exact) mass is 326 g/mol. The second-order valence-electron chi connectivity index (χ2n) is 6.65. The molecule has 0 spiro atoms. The van der Waals surface area contributed by atoms with Crippen LogP contribution in [0.2, 0.25) is 0 Å². The van der Waals surface area contributed by atoms with E-state index in [1.54, 1.807) is 0 Å².